The molecule has 0 aromatic heterocycles. The Bertz CT molecular complexity index is 491. The van der Waals surface area contributed by atoms with E-state index in [4.69, 9.17) is 5.73 Å². The second-order valence-electron chi connectivity index (χ2n) is 7.38. The minimum atomic E-state index is -4.31. The third-order valence-corrected chi connectivity index (χ3v) is 4.87. The summed E-state index contributed by atoms with van der Waals surface area (Å²) in [4.78, 5) is 0. The van der Waals surface area contributed by atoms with Crippen molar-refractivity contribution in [2.24, 2.45) is 17.1 Å². The first-order chi connectivity index (χ1) is 9.52. The van der Waals surface area contributed by atoms with Crippen LogP contribution in [0.2, 0.25) is 0 Å². The molecule has 1 aliphatic rings. The highest BCUT2D eigenvalue weighted by molar-refractivity contribution is 5.31. The second-order valence-corrected chi connectivity index (χ2v) is 7.38. The molecule has 1 aromatic carbocycles. The number of nitrogens with two attached hydrogens (primary N) is 1. The Balaban J connectivity index is 2.19. The van der Waals surface area contributed by atoms with E-state index in [1.54, 1.807) is 6.07 Å². The number of hydrogen-bond acceptors (Lipinski definition) is 1. The lowest BCUT2D eigenvalue weighted by Gasteiger charge is -2.42. The lowest BCUT2D eigenvalue weighted by molar-refractivity contribution is -0.137. The molecule has 0 radical (unpaired) electrons. The SMILES string of the molecule is CC(C)(C)C1CCC(N)(c2cccc(C(F)(F)F)c2)CC1. The zero-order valence-electron chi connectivity index (χ0n) is 12.9. The first-order valence-corrected chi connectivity index (χ1v) is 7.49. The van der Waals surface area contributed by atoms with Gasteiger partial charge in [-0.15, -0.1) is 0 Å². The molecule has 1 fully saturated rings. The number of alkyl halides is 3. The molecule has 0 spiro atoms. The molecule has 0 saturated heterocycles. The number of rotatable bonds is 1. The number of hydrogen-bond donors (Lipinski definition) is 1. The van der Waals surface area contributed by atoms with Crippen molar-refractivity contribution in [2.45, 2.75) is 58.2 Å². The summed E-state index contributed by atoms with van der Waals surface area (Å²) in [7, 11) is 0. The van der Waals surface area contributed by atoms with Gasteiger partial charge in [0.05, 0.1) is 5.56 Å². The van der Waals surface area contributed by atoms with Crippen LogP contribution in [-0.4, -0.2) is 0 Å². The van der Waals surface area contributed by atoms with Gasteiger partial charge in [0.1, 0.15) is 0 Å². The van der Waals surface area contributed by atoms with Crippen LogP contribution in [0, 0.1) is 11.3 Å². The topological polar surface area (TPSA) is 26.0 Å². The third-order valence-electron chi connectivity index (χ3n) is 4.87. The van der Waals surface area contributed by atoms with E-state index in [1.807, 2.05) is 0 Å². The van der Waals surface area contributed by atoms with E-state index in [0.29, 0.717) is 11.5 Å². The predicted molar refractivity (Wildman–Crippen MR) is 78.7 cm³/mol. The van der Waals surface area contributed by atoms with E-state index in [-0.39, 0.29) is 5.41 Å². The van der Waals surface area contributed by atoms with Gasteiger partial charge in [-0.25, -0.2) is 0 Å². The van der Waals surface area contributed by atoms with Gasteiger partial charge < -0.3 is 5.73 Å². The summed E-state index contributed by atoms with van der Waals surface area (Å²) in [5.41, 5.74) is 6.05. The van der Waals surface area contributed by atoms with Crippen molar-refractivity contribution in [3.05, 3.63) is 35.4 Å². The first kappa shape index (κ1) is 16.3. The molecular formula is C17H24F3N. The third kappa shape index (κ3) is 3.60. The summed E-state index contributed by atoms with van der Waals surface area (Å²) in [6, 6.07) is 5.51. The Kier molecular flexibility index (Phi) is 4.13. The van der Waals surface area contributed by atoms with E-state index in [9.17, 15) is 13.2 Å². The summed E-state index contributed by atoms with van der Waals surface area (Å²) >= 11 is 0. The lowest BCUT2D eigenvalue weighted by atomic mass is 9.66. The molecule has 0 atom stereocenters. The fourth-order valence-electron chi connectivity index (χ4n) is 3.29. The molecule has 21 heavy (non-hydrogen) atoms. The van der Waals surface area contributed by atoms with Gasteiger partial charge in [0.2, 0.25) is 0 Å². The summed E-state index contributed by atoms with van der Waals surface area (Å²) < 4.78 is 38.5. The average molecular weight is 299 g/mol. The van der Waals surface area contributed by atoms with Gasteiger partial charge in [-0.1, -0.05) is 32.9 Å². The second kappa shape index (κ2) is 5.31. The van der Waals surface area contributed by atoms with Crippen LogP contribution in [-0.2, 0) is 11.7 Å². The molecule has 1 aliphatic carbocycles. The van der Waals surface area contributed by atoms with Crippen molar-refractivity contribution in [3.63, 3.8) is 0 Å². The maximum atomic E-state index is 12.8. The van der Waals surface area contributed by atoms with Crippen LogP contribution in [0.5, 0.6) is 0 Å². The zero-order valence-corrected chi connectivity index (χ0v) is 12.9. The molecule has 1 nitrogen and oxygen atoms in total. The highest BCUT2D eigenvalue weighted by Crippen LogP contribution is 2.44. The van der Waals surface area contributed by atoms with Crippen LogP contribution in [0.25, 0.3) is 0 Å². The molecule has 0 unspecified atom stereocenters. The van der Waals surface area contributed by atoms with Crippen LogP contribution in [0.1, 0.15) is 57.6 Å². The van der Waals surface area contributed by atoms with Crippen molar-refractivity contribution in [1.82, 2.24) is 0 Å². The molecule has 0 bridgehead atoms. The summed E-state index contributed by atoms with van der Waals surface area (Å²) in [6.45, 7) is 6.64. The molecule has 0 heterocycles. The molecule has 118 valence electrons. The van der Waals surface area contributed by atoms with E-state index in [2.05, 4.69) is 20.8 Å². The van der Waals surface area contributed by atoms with Crippen LogP contribution < -0.4 is 5.73 Å². The zero-order chi connectivity index (χ0) is 15.9. The molecule has 2 N–H and O–H groups in total. The Morgan fingerprint density at radius 2 is 1.67 bits per heavy atom. The quantitative estimate of drug-likeness (QED) is 0.767. The van der Waals surface area contributed by atoms with Gasteiger partial charge >= 0.3 is 6.18 Å². The molecule has 4 heteroatoms. The minimum absolute atomic E-state index is 0.231. The van der Waals surface area contributed by atoms with Gasteiger partial charge in [-0.05, 0) is 54.7 Å². The van der Waals surface area contributed by atoms with Gasteiger partial charge in [-0.3, -0.25) is 0 Å². The highest BCUT2D eigenvalue weighted by atomic mass is 19.4. The molecule has 1 saturated carbocycles. The lowest BCUT2D eigenvalue weighted by Crippen LogP contribution is -2.42. The monoisotopic (exact) mass is 299 g/mol. The smallest absolute Gasteiger partial charge is 0.321 e. The standard InChI is InChI=1S/C17H24F3N/c1-15(2,3)12-7-9-16(21,10-8-12)13-5-4-6-14(11-13)17(18,19)20/h4-6,11-12H,7-10,21H2,1-3H3. The van der Waals surface area contributed by atoms with E-state index in [1.165, 1.54) is 12.1 Å². The van der Waals surface area contributed by atoms with Crippen molar-refractivity contribution in [2.75, 3.05) is 0 Å². The number of halogens is 3. The maximum absolute atomic E-state index is 12.8. The van der Waals surface area contributed by atoms with E-state index < -0.39 is 17.3 Å². The fourth-order valence-corrected chi connectivity index (χ4v) is 3.29. The number of benzene rings is 1. The maximum Gasteiger partial charge on any atom is 0.416 e. The summed E-state index contributed by atoms with van der Waals surface area (Å²) in [6.07, 6.45) is -0.881. The Labute approximate surface area is 124 Å². The minimum Gasteiger partial charge on any atom is -0.321 e. The summed E-state index contributed by atoms with van der Waals surface area (Å²) in [5.74, 6) is 0.583. The fraction of sp³-hybridized carbons (Fsp3) is 0.647. The molecule has 1 aromatic rings. The summed E-state index contributed by atoms with van der Waals surface area (Å²) in [5, 5.41) is 0. The molecule has 0 aliphatic heterocycles. The average Bonchev–Trinajstić information content (AvgIpc) is 2.37. The van der Waals surface area contributed by atoms with Gasteiger partial charge in [0.25, 0.3) is 0 Å². The van der Waals surface area contributed by atoms with Crippen molar-refractivity contribution < 1.29 is 13.2 Å². The highest BCUT2D eigenvalue weighted by Gasteiger charge is 2.38. The van der Waals surface area contributed by atoms with Crippen molar-refractivity contribution in [1.29, 1.82) is 0 Å². The van der Waals surface area contributed by atoms with Gasteiger partial charge in [-0.2, -0.15) is 13.2 Å². The normalized spacial score (nSPS) is 27.7. The van der Waals surface area contributed by atoms with Crippen LogP contribution in [0.4, 0.5) is 13.2 Å². The molecule has 2 rings (SSSR count). The Morgan fingerprint density at radius 1 is 1.10 bits per heavy atom. The first-order valence-electron chi connectivity index (χ1n) is 7.49. The van der Waals surface area contributed by atoms with E-state index in [0.717, 1.165) is 31.7 Å². The van der Waals surface area contributed by atoms with Crippen molar-refractivity contribution in [3.8, 4) is 0 Å². The largest absolute Gasteiger partial charge is 0.416 e. The molecular weight excluding hydrogens is 275 g/mol. The van der Waals surface area contributed by atoms with Crippen LogP contribution in [0.15, 0.2) is 24.3 Å². The van der Waals surface area contributed by atoms with Crippen LogP contribution >= 0.6 is 0 Å². The van der Waals surface area contributed by atoms with Gasteiger partial charge in [0.15, 0.2) is 0 Å². The van der Waals surface area contributed by atoms with Gasteiger partial charge in [0, 0.05) is 5.54 Å². The predicted octanol–water partition coefficient (Wildman–Crippen LogP) is 5.10. The van der Waals surface area contributed by atoms with Crippen molar-refractivity contribution >= 4 is 0 Å². The Hall–Kier alpha value is -1.03. The van der Waals surface area contributed by atoms with E-state index >= 15 is 0 Å². The Morgan fingerprint density at radius 3 is 2.14 bits per heavy atom. The molecule has 0 amide bonds. The van der Waals surface area contributed by atoms with Crippen LogP contribution in [0.3, 0.4) is 0 Å².